The Bertz CT molecular complexity index is 1300. The Labute approximate surface area is 187 Å². The smallest absolute Gasteiger partial charge is 0.261 e. The molecule has 158 valence electrons. The molecule has 4 aromatic rings. The summed E-state index contributed by atoms with van der Waals surface area (Å²) in [6, 6.07) is 15.0. The number of thiocarbonyl (C=S) groups is 1. The second-order valence-electron chi connectivity index (χ2n) is 6.50. The molecule has 0 unspecified atom stereocenters. The Kier molecular flexibility index (Phi) is 5.88. The van der Waals surface area contributed by atoms with Crippen LogP contribution in [0.2, 0.25) is 0 Å². The average Bonchev–Trinajstić information content (AvgIpc) is 3.19. The molecule has 3 aromatic carbocycles. The summed E-state index contributed by atoms with van der Waals surface area (Å²) in [7, 11) is 4.69. The zero-order chi connectivity index (χ0) is 22.0. The van der Waals surface area contributed by atoms with Crippen molar-refractivity contribution in [2.45, 2.75) is 0 Å². The predicted molar refractivity (Wildman–Crippen MR) is 127 cm³/mol. The highest BCUT2D eigenvalue weighted by molar-refractivity contribution is 7.80. The highest BCUT2D eigenvalue weighted by Crippen LogP contribution is 2.36. The van der Waals surface area contributed by atoms with E-state index in [1.807, 2.05) is 36.4 Å². The van der Waals surface area contributed by atoms with Crippen LogP contribution in [-0.4, -0.2) is 37.3 Å². The number of carbonyl (C=O) groups is 1. The molecule has 0 bridgehead atoms. The van der Waals surface area contributed by atoms with Gasteiger partial charge in [-0.1, -0.05) is 35.6 Å². The first kappa shape index (κ1) is 20.8. The SMILES string of the molecule is COc1cc(OC)c2nc(NC(=S)NC(=O)c3cc4ccccc4cc3OC)sc2c1. The van der Waals surface area contributed by atoms with Gasteiger partial charge < -0.3 is 19.5 Å². The average molecular weight is 454 g/mol. The van der Waals surface area contributed by atoms with E-state index >= 15 is 0 Å². The van der Waals surface area contributed by atoms with E-state index in [1.165, 1.54) is 18.4 Å². The summed E-state index contributed by atoms with van der Waals surface area (Å²) < 4.78 is 17.0. The van der Waals surface area contributed by atoms with Crippen molar-refractivity contribution in [1.29, 1.82) is 0 Å². The standard InChI is InChI=1S/C22H19N3O4S2/c1-27-14-10-17(29-3)19-18(11-14)31-22(23-19)25-21(30)24-20(26)15-8-12-6-4-5-7-13(12)9-16(15)28-2/h4-11H,1-3H3,(H2,23,24,25,26,30). The Morgan fingerprint density at radius 3 is 2.35 bits per heavy atom. The van der Waals surface area contributed by atoms with Gasteiger partial charge in [0.15, 0.2) is 10.2 Å². The van der Waals surface area contributed by atoms with E-state index in [2.05, 4.69) is 15.6 Å². The van der Waals surface area contributed by atoms with Gasteiger partial charge in [0, 0.05) is 6.07 Å². The third kappa shape index (κ3) is 4.23. The van der Waals surface area contributed by atoms with Crippen molar-refractivity contribution < 1.29 is 19.0 Å². The first-order valence-electron chi connectivity index (χ1n) is 9.24. The molecule has 0 saturated heterocycles. The highest BCUT2D eigenvalue weighted by atomic mass is 32.1. The highest BCUT2D eigenvalue weighted by Gasteiger charge is 2.17. The summed E-state index contributed by atoms with van der Waals surface area (Å²) in [6.07, 6.45) is 0. The normalized spacial score (nSPS) is 10.7. The third-order valence-electron chi connectivity index (χ3n) is 4.65. The van der Waals surface area contributed by atoms with E-state index in [-0.39, 0.29) is 11.0 Å². The van der Waals surface area contributed by atoms with Crippen LogP contribution in [0.25, 0.3) is 21.0 Å². The number of ether oxygens (including phenoxy) is 3. The maximum absolute atomic E-state index is 12.9. The molecule has 0 aliphatic heterocycles. The second-order valence-corrected chi connectivity index (χ2v) is 7.94. The molecular weight excluding hydrogens is 434 g/mol. The molecule has 7 nitrogen and oxygen atoms in total. The minimum absolute atomic E-state index is 0.130. The van der Waals surface area contributed by atoms with Crippen molar-refractivity contribution in [3.05, 3.63) is 54.1 Å². The number of hydrogen-bond donors (Lipinski definition) is 2. The van der Waals surface area contributed by atoms with E-state index < -0.39 is 0 Å². The Morgan fingerprint density at radius 2 is 1.68 bits per heavy atom. The van der Waals surface area contributed by atoms with Crippen molar-refractivity contribution >= 4 is 60.7 Å². The maximum atomic E-state index is 12.9. The molecule has 0 atom stereocenters. The maximum Gasteiger partial charge on any atom is 0.261 e. The molecule has 9 heteroatoms. The fraction of sp³-hybridized carbons (Fsp3) is 0.136. The number of rotatable bonds is 5. The van der Waals surface area contributed by atoms with Gasteiger partial charge >= 0.3 is 0 Å². The fourth-order valence-electron chi connectivity index (χ4n) is 3.17. The number of nitrogens with one attached hydrogen (secondary N) is 2. The fourth-order valence-corrected chi connectivity index (χ4v) is 4.34. The number of hydrogen-bond acceptors (Lipinski definition) is 7. The number of methoxy groups -OCH3 is 3. The van der Waals surface area contributed by atoms with Gasteiger partial charge in [-0.3, -0.25) is 10.1 Å². The number of fused-ring (bicyclic) bond motifs is 2. The van der Waals surface area contributed by atoms with Gasteiger partial charge in [0.25, 0.3) is 5.91 Å². The Morgan fingerprint density at radius 1 is 0.968 bits per heavy atom. The Hall–Kier alpha value is -3.43. The van der Waals surface area contributed by atoms with Gasteiger partial charge in [0.05, 0.1) is 31.6 Å². The van der Waals surface area contributed by atoms with Crippen molar-refractivity contribution in [3.63, 3.8) is 0 Å². The van der Waals surface area contributed by atoms with Crippen molar-refractivity contribution in [2.24, 2.45) is 0 Å². The van der Waals surface area contributed by atoms with Crippen LogP contribution in [0.15, 0.2) is 48.5 Å². The summed E-state index contributed by atoms with van der Waals surface area (Å²) in [6.45, 7) is 0. The largest absolute Gasteiger partial charge is 0.497 e. The molecular formula is C22H19N3O4S2. The van der Waals surface area contributed by atoms with E-state index in [0.29, 0.717) is 33.5 Å². The zero-order valence-corrected chi connectivity index (χ0v) is 18.6. The lowest BCUT2D eigenvalue weighted by molar-refractivity contribution is 0.0975. The molecule has 0 aliphatic carbocycles. The third-order valence-corrected chi connectivity index (χ3v) is 5.77. The van der Waals surface area contributed by atoms with E-state index in [0.717, 1.165) is 15.5 Å². The minimum Gasteiger partial charge on any atom is -0.497 e. The van der Waals surface area contributed by atoms with Gasteiger partial charge in [-0.05, 0) is 41.2 Å². The minimum atomic E-state index is -0.375. The van der Waals surface area contributed by atoms with Crippen LogP contribution in [0.3, 0.4) is 0 Å². The molecule has 4 rings (SSSR count). The van der Waals surface area contributed by atoms with Crippen LogP contribution in [0.4, 0.5) is 5.13 Å². The number of aromatic nitrogens is 1. The van der Waals surface area contributed by atoms with Gasteiger partial charge in [0.1, 0.15) is 22.8 Å². The molecule has 0 saturated carbocycles. The quantitative estimate of drug-likeness (QED) is 0.427. The molecule has 1 heterocycles. The number of carbonyl (C=O) groups excluding carboxylic acids is 1. The summed E-state index contributed by atoms with van der Waals surface area (Å²) in [5.74, 6) is 1.35. The molecule has 0 spiro atoms. The van der Waals surface area contributed by atoms with Crippen LogP contribution >= 0.6 is 23.6 Å². The molecule has 1 aromatic heterocycles. The van der Waals surface area contributed by atoms with Crippen molar-refractivity contribution in [1.82, 2.24) is 10.3 Å². The van der Waals surface area contributed by atoms with E-state index in [4.69, 9.17) is 26.4 Å². The van der Waals surface area contributed by atoms with Gasteiger partial charge in [-0.2, -0.15) is 0 Å². The number of nitrogens with zero attached hydrogens (tertiary/aromatic N) is 1. The van der Waals surface area contributed by atoms with Crippen molar-refractivity contribution in [3.8, 4) is 17.2 Å². The molecule has 2 N–H and O–H groups in total. The zero-order valence-electron chi connectivity index (χ0n) is 17.0. The van der Waals surface area contributed by atoms with Crippen LogP contribution < -0.4 is 24.8 Å². The topological polar surface area (TPSA) is 81.7 Å². The number of benzene rings is 3. The lowest BCUT2D eigenvalue weighted by atomic mass is 10.1. The first-order chi connectivity index (χ1) is 15.0. The number of anilines is 1. The monoisotopic (exact) mass is 453 g/mol. The summed E-state index contributed by atoms with van der Waals surface area (Å²) in [4.78, 5) is 17.4. The number of thiazole rings is 1. The summed E-state index contributed by atoms with van der Waals surface area (Å²) >= 11 is 6.70. The molecule has 0 fully saturated rings. The van der Waals surface area contributed by atoms with Gasteiger partial charge in [0.2, 0.25) is 0 Å². The lowest BCUT2D eigenvalue weighted by Gasteiger charge is -2.11. The number of amides is 1. The second kappa shape index (κ2) is 8.75. The molecule has 0 aliphatic rings. The van der Waals surface area contributed by atoms with Crippen LogP contribution in [-0.2, 0) is 0 Å². The van der Waals surface area contributed by atoms with Crippen molar-refractivity contribution in [2.75, 3.05) is 26.6 Å². The van der Waals surface area contributed by atoms with E-state index in [9.17, 15) is 4.79 Å². The van der Waals surface area contributed by atoms with Crippen LogP contribution in [0, 0.1) is 0 Å². The van der Waals surface area contributed by atoms with Gasteiger partial charge in [-0.25, -0.2) is 4.98 Å². The predicted octanol–water partition coefficient (Wildman–Crippen LogP) is 4.60. The first-order valence-corrected chi connectivity index (χ1v) is 10.5. The molecule has 0 radical (unpaired) electrons. The lowest BCUT2D eigenvalue weighted by Crippen LogP contribution is -2.34. The summed E-state index contributed by atoms with van der Waals surface area (Å²) in [5.41, 5.74) is 1.07. The van der Waals surface area contributed by atoms with Gasteiger partial charge in [-0.15, -0.1) is 0 Å². The molecule has 31 heavy (non-hydrogen) atoms. The van der Waals surface area contributed by atoms with E-state index in [1.54, 1.807) is 26.4 Å². The Balaban J connectivity index is 1.55. The van der Waals surface area contributed by atoms with Crippen LogP contribution in [0.5, 0.6) is 17.2 Å². The summed E-state index contributed by atoms with van der Waals surface area (Å²) in [5, 5.41) is 8.22. The van der Waals surface area contributed by atoms with Crippen LogP contribution in [0.1, 0.15) is 10.4 Å². The molecule has 1 amide bonds.